The van der Waals surface area contributed by atoms with Gasteiger partial charge in [-0.15, -0.1) is 0 Å². The topological polar surface area (TPSA) is 61.9 Å². The van der Waals surface area contributed by atoms with Gasteiger partial charge in [0.2, 0.25) is 10.0 Å². The van der Waals surface area contributed by atoms with Crippen molar-refractivity contribution in [3.8, 4) is 0 Å². The molecule has 1 heterocycles. The maximum atomic E-state index is 13.6. The zero-order valence-electron chi connectivity index (χ0n) is 14.9. The normalized spacial score (nSPS) is 20.9. The van der Waals surface area contributed by atoms with Crippen molar-refractivity contribution >= 4 is 21.4 Å². The molecule has 1 saturated heterocycles. The average Bonchev–Trinajstić information content (AvgIpc) is 2.97. The van der Waals surface area contributed by atoms with E-state index in [0.717, 1.165) is 5.69 Å². The number of benzene rings is 2. The van der Waals surface area contributed by atoms with Gasteiger partial charge in [-0.3, -0.25) is 9.56 Å². The summed E-state index contributed by atoms with van der Waals surface area (Å²) in [4.78, 5) is 7.36. The maximum Gasteiger partial charge on any atom is 0.239 e. The van der Waals surface area contributed by atoms with E-state index in [1.54, 1.807) is 31.3 Å². The molecule has 0 saturated carbocycles. The van der Waals surface area contributed by atoms with Crippen molar-refractivity contribution in [1.82, 2.24) is 5.06 Å². The molecule has 26 heavy (non-hydrogen) atoms. The summed E-state index contributed by atoms with van der Waals surface area (Å²) in [6.07, 6.45) is 0. The number of hydrogen-bond donors (Lipinski definition) is 1. The highest BCUT2D eigenvalue weighted by Crippen LogP contribution is 2.34. The molecule has 8 heteroatoms. The zero-order chi connectivity index (χ0) is 18.9. The monoisotopic (exact) mass is 379 g/mol. The lowest BCUT2D eigenvalue weighted by atomic mass is 10.0. The molecule has 1 fully saturated rings. The third-order valence-corrected chi connectivity index (χ3v) is 6.13. The van der Waals surface area contributed by atoms with E-state index in [4.69, 9.17) is 4.84 Å². The summed E-state index contributed by atoms with van der Waals surface area (Å²) in [6.45, 7) is 0.00277. The lowest BCUT2D eigenvalue weighted by molar-refractivity contribution is -0.110. The van der Waals surface area contributed by atoms with Crippen LogP contribution in [0, 0.1) is 5.82 Å². The Morgan fingerprint density at radius 3 is 2.50 bits per heavy atom. The van der Waals surface area contributed by atoms with E-state index in [9.17, 15) is 12.8 Å². The average molecular weight is 379 g/mol. The number of nitrogens with zero attached hydrogens (tertiary/aromatic N) is 2. The van der Waals surface area contributed by atoms with Crippen LogP contribution in [0.2, 0.25) is 0 Å². The van der Waals surface area contributed by atoms with Gasteiger partial charge < -0.3 is 4.90 Å². The van der Waals surface area contributed by atoms with Crippen LogP contribution in [0.25, 0.3) is 0 Å². The minimum absolute atomic E-state index is 0.00277. The summed E-state index contributed by atoms with van der Waals surface area (Å²) < 4.78 is 42.0. The molecular weight excluding hydrogens is 357 g/mol. The number of nitrogens with one attached hydrogen (secondary N) is 1. The maximum absolute atomic E-state index is 13.6. The van der Waals surface area contributed by atoms with Gasteiger partial charge in [0, 0.05) is 32.5 Å². The first-order valence-electron chi connectivity index (χ1n) is 8.18. The number of rotatable bonds is 5. The summed E-state index contributed by atoms with van der Waals surface area (Å²) in [5.41, 5.74) is 2.00. The summed E-state index contributed by atoms with van der Waals surface area (Å²) in [7, 11) is 1.73. The molecule has 6 nitrogen and oxygen atoms in total. The van der Waals surface area contributed by atoms with Crippen LogP contribution < -0.4 is 9.62 Å². The lowest BCUT2D eigenvalue weighted by Crippen LogP contribution is -2.35. The highest BCUT2D eigenvalue weighted by atomic mass is 32.2. The van der Waals surface area contributed by atoms with Gasteiger partial charge in [0.25, 0.3) is 0 Å². The van der Waals surface area contributed by atoms with E-state index in [2.05, 4.69) is 4.72 Å². The van der Waals surface area contributed by atoms with Crippen LogP contribution >= 0.6 is 0 Å². The van der Waals surface area contributed by atoms with Crippen LogP contribution in [0.15, 0.2) is 48.5 Å². The van der Waals surface area contributed by atoms with E-state index < -0.39 is 27.1 Å². The zero-order valence-corrected chi connectivity index (χ0v) is 15.7. The standard InChI is InChI=1S/C18H22FN3O3S/c1-21(2)16-9-7-15(8-10-16)20-26(23,24)17-12-25-22(3)18(17)13-5-4-6-14(19)11-13/h4-11,17-18,20H,12H2,1-3H3/t17-,18+/m1/s1. The van der Waals surface area contributed by atoms with E-state index in [-0.39, 0.29) is 6.61 Å². The number of halogens is 1. The fraction of sp³-hybridized carbons (Fsp3) is 0.333. The Kier molecular flexibility index (Phi) is 5.17. The van der Waals surface area contributed by atoms with Gasteiger partial charge in [-0.05, 0) is 42.0 Å². The van der Waals surface area contributed by atoms with Crippen molar-refractivity contribution in [3.63, 3.8) is 0 Å². The largest absolute Gasteiger partial charge is 0.378 e. The molecule has 0 radical (unpaired) electrons. The smallest absolute Gasteiger partial charge is 0.239 e. The summed E-state index contributed by atoms with van der Waals surface area (Å²) in [5, 5.41) is 0.608. The fourth-order valence-corrected chi connectivity index (χ4v) is 4.56. The molecule has 0 spiro atoms. The third kappa shape index (κ3) is 3.82. The molecule has 2 aromatic rings. The van der Waals surface area contributed by atoms with Crippen molar-refractivity contribution in [2.24, 2.45) is 0 Å². The molecule has 140 valence electrons. The molecule has 0 amide bonds. The molecule has 1 N–H and O–H groups in total. The van der Waals surface area contributed by atoms with Crippen LogP contribution in [0.1, 0.15) is 11.6 Å². The Balaban J connectivity index is 1.85. The number of sulfonamides is 1. The molecule has 0 aromatic heterocycles. The second kappa shape index (κ2) is 7.22. The number of hydrogen-bond acceptors (Lipinski definition) is 5. The molecule has 3 rings (SSSR count). The lowest BCUT2D eigenvalue weighted by Gasteiger charge is -2.23. The van der Waals surface area contributed by atoms with E-state index in [0.29, 0.717) is 11.3 Å². The second-order valence-electron chi connectivity index (χ2n) is 6.47. The van der Waals surface area contributed by atoms with Crippen molar-refractivity contribution in [1.29, 1.82) is 0 Å². The SMILES string of the molecule is CN(C)c1ccc(NS(=O)(=O)[C@@H]2CON(C)[C@H]2c2cccc(F)c2)cc1. The first-order valence-corrected chi connectivity index (χ1v) is 9.73. The van der Waals surface area contributed by atoms with E-state index >= 15 is 0 Å². The Bertz CT molecular complexity index is 872. The minimum atomic E-state index is -3.74. The summed E-state index contributed by atoms with van der Waals surface area (Å²) >= 11 is 0. The van der Waals surface area contributed by atoms with Gasteiger partial charge in [0.1, 0.15) is 11.1 Å². The molecule has 2 atom stereocenters. The van der Waals surface area contributed by atoms with Gasteiger partial charge in [0.05, 0.1) is 12.6 Å². The highest BCUT2D eigenvalue weighted by molar-refractivity contribution is 7.93. The predicted molar refractivity (Wildman–Crippen MR) is 100.0 cm³/mol. The van der Waals surface area contributed by atoms with E-state index in [1.165, 1.54) is 17.2 Å². The molecule has 0 bridgehead atoms. The van der Waals surface area contributed by atoms with Gasteiger partial charge >= 0.3 is 0 Å². The van der Waals surface area contributed by atoms with Crippen LogP contribution in [-0.2, 0) is 14.9 Å². The van der Waals surface area contributed by atoms with Crippen LogP contribution in [0.3, 0.4) is 0 Å². The quantitative estimate of drug-likeness (QED) is 0.865. The molecule has 1 aliphatic heterocycles. The third-order valence-electron chi connectivity index (χ3n) is 4.42. The molecule has 1 aliphatic rings. The van der Waals surface area contributed by atoms with Crippen molar-refractivity contribution in [2.45, 2.75) is 11.3 Å². The first kappa shape index (κ1) is 18.6. The van der Waals surface area contributed by atoms with Crippen LogP contribution in [0.4, 0.5) is 15.8 Å². The van der Waals surface area contributed by atoms with Crippen LogP contribution in [0.5, 0.6) is 0 Å². The summed E-state index contributed by atoms with van der Waals surface area (Å²) in [6, 6.07) is 12.4. The molecule has 0 aliphatic carbocycles. The first-order chi connectivity index (χ1) is 12.3. The Hall–Kier alpha value is -2.16. The fourth-order valence-electron chi connectivity index (χ4n) is 3.04. The minimum Gasteiger partial charge on any atom is -0.378 e. The molecule has 2 aromatic carbocycles. The summed E-state index contributed by atoms with van der Waals surface area (Å²) in [5.74, 6) is -0.411. The van der Waals surface area contributed by atoms with Crippen molar-refractivity contribution < 1.29 is 17.6 Å². The van der Waals surface area contributed by atoms with Crippen molar-refractivity contribution in [2.75, 3.05) is 37.4 Å². The van der Waals surface area contributed by atoms with Gasteiger partial charge in [0.15, 0.2) is 0 Å². The second-order valence-corrected chi connectivity index (χ2v) is 8.37. The Morgan fingerprint density at radius 1 is 1.19 bits per heavy atom. The molecule has 0 unspecified atom stereocenters. The van der Waals surface area contributed by atoms with E-state index in [1.807, 2.05) is 31.1 Å². The van der Waals surface area contributed by atoms with Crippen molar-refractivity contribution in [3.05, 3.63) is 59.9 Å². The number of hydroxylamine groups is 2. The highest BCUT2D eigenvalue weighted by Gasteiger charge is 2.43. The number of anilines is 2. The van der Waals surface area contributed by atoms with Crippen LogP contribution in [-0.4, -0.2) is 46.5 Å². The Morgan fingerprint density at radius 2 is 1.88 bits per heavy atom. The van der Waals surface area contributed by atoms with Gasteiger partial charge in [-0.2, -0.15) is 5.06 Å². The van der Waals surface area contributed by atoms with Gasteiger partial charge in [-0.25, -0.2) is 12.8 Å². The predicted octanol–water partition coefficient (Wildman–Crippen LogP) is 2.62. The molecular formula is C18H22FN3O3S. The Labute approximate surface area is 153 Å². The van der Waals surface area contributed by atoms with Gasteiger partial charge in [-0.1, -0.05) is 12.1 Å².